The lowest BCUT2D eigenvalue weighted by atomic mass is 10.1. The van der Waals surface area contributed by atoms with Gasteiger partial charge in [-0.05, 0) is 46.3 Å². The molecule has 0 spiro atoms. The zero-order chi connectivity index (χ0) is 15.2. The van der Waals surface area contributed by atoms with Gasteiger partial charge >= 0.3 is 5.97 Å². The molecular formula is C15H13BrO4S. The van der Waals surface area contributed by atoms with E-state index in [4.69, 9.17) is 14.6 Å². The van der Waals surface area contributed by atoms with E-state index in [2.05, 4.69) is 15.9 Å². The van der Waals surface area contributed by atoms with Crippen molar-refractivity contribution in [2.75, 3.05) is 7.11 Å². The van der Waals surface area contributed by atoms with Crippen molar-refractivity contribution >= 4 is 39.3 Å². The number of hydrogen-bond acceptors (Lipinski definition) is 4. The molecule has 0 amide bonds. The summed E-state index contributed by atoms with van der Waals surface area (Å²) in [6.07, 6.45) is 2.56. The molecule has 2 aromatic rings. The number of carboxylic acid groups (broad SMARTS) is 1. The first-order chi connectivity index (χ1) is 10.1. The highest BCUT2D eigenvalue weighted by atomic mass is 79.9. The van der Waals surface area contributed by atoms with Gasteiger partial charge in [-0.1, -0.05) is 0 Å². The third-order valence-corrected chi connectivity index (χ3v) is 4.29. The third-order valence-electron chi connectivity index (χ3n) is 2.61. The second-order valence-corrected chi connectivity index (χ2v) is 6.01. The highest BCUT2D eigenvalue weighted by Gasteiger charge is 2.06. The lowest BCUT2D eigenvalue weighted by molar-refractivity contribution is -0.131. The van der Waals surface area contributed by atoms with Crippen LogP contribution >= 0.6 is 27.3 Å². The fourth-order valence-corrected chi connectivity index (χ4v) is 3.02. The lowest BCUT2D eigenvalue weighted by Crippen LogP contribution is -1.96. The molecular weight excluding hydrogens is 356 g/mol. The van der Waals surface area contributed by atoms with Crippen LogP contribution in [-0.2, 0) is 11.4 Å². The molecule has 110 valence electrons. The van der Waals surface area contributed by atoms with Crippen molar-refractivity contribution in [3.8, 4) is 11.5 Å². The molecule has 21 heavy (non-hydrogen) atoms. The van der Waals surface area contributed by atoms with Gasteiger partial charge in [-0.15, -0.1) is 11.3 Å². The molecule has 0 saturated heterocycles. The summed E-state index contributed by atoms with van der Waals surface area (Å²) in [5.41, 5.74) is 0.660. The standard InChI is InChI=1S/C15H13BrO4S/c1-19-12-3-4-14(10(6-12)2-5-15(17)18)20-8-13-7-11(16)9-21-13/h2-7,9H,8H2,1H3,(H,17,18). The Balaban J connectivity index is 2.18. The molecule has 0 unspecified atom stereocenters. The van der Waals surface area contributed by atoms with Crippen LogP contribution in [0.1, 0.15) is 10.4 Å². The average molecular weight is 369 g/mol. The molecule has 0 saturated carbocycles. The van der Waals surface area contributed by atoms with Crippen LogP contribution in [0.25, 0.3) is 6.08 Å². The van der Waals surface area contributed by atoms with E-state index in [0.29, 0.717) is 23.7 Å². The van der Waals surface area contributed by atoms with Crippen LogP contribution in [0.3, 0.4) is 0 Å². The fourth-order valence-electron chi connectivity index (χ4n) is 1.65. The topological polar surface area (TPSA) is 55.8 Å². The predicted octanol–water partition coefficient (Wildman–Crippen LogP) is 4.20. The third kappa shape index (κ3) is 4.61. The van der Waals surface area contributed by atoms with Gasteiger partial charge in [0, 0.05) is 26.4 Å². The molecule has 4 nitrogen and oxygen atoms in total. The van der Waals surface area contributed by atoms with Crippen molar-refractivity contribution < 1.29 is 19.4 Å². The van der Waals surface area contributed by atoms with Gasteiger partial charge in [0.15, 0.2) is 0 Å². The van der Waals surface area contributed by atoms with Gasteiger partial charge in [0.05, 0.1) is 7.11 Å². The zero-order valence-electron chi connectivity index (χ0n) is 11.2. The molecule has 0 fully saturated rings. The van der Waals surface area contributed by atoms with Crippen LogP contribution < -0.4 is 9.47 Å². The lowest BCUT2D eigenvalue weighted by Gasteiger charge is -2.10. The van der Waals surface area contributed by atoms with Crippen molar-refractivity contribution in [2.45, 2.75) is 6.61 Å². The Bertz CT molecular complexity index is 663. The van der Waals surface area contributed by atoms with Crippen LogP contribution in [-0.4, -0.2) is 18.2 Å². The molecule has 2 rings (SSSR count). The van der Waals surface area contributed by atoms with E-state index in [1.54, 1.807) is 36.6 Å². The monoisotopic (exact) mass is 368 g/mol. The summed E-state index contributed by atoms with van der Waals surface area (Å²) in [5, 5.41) is 10.7. The van der Waals surface area contributed by atoms with Crippen LogP contribution in [0.5, 0.6) is 11.5 Å². The predicted molar refractivity (Wildman–Crippen MR) is 86.0 cm³/mol. The molecule has 1 N–H and O–H groups in total. The number of benzene rings is 1. The molecule has 0 aliphatic rings. The molecule has 0 bridgehead atoms. The van der Waals surface area contributed by atoms with Crippen molar-refractivity contribution in [1.82, 2.24) is 0 Å². The summed E-state index contributed by atoms with van der Waals surface area (Å²) in [5.74, 6) is 0.245. The number of rotatable bonds is 6. The summed E-state index contributed by atoms with van der Waals surface area (Å²) in [6, 6.07) is 7.26. The van der Waals surface area contributed by atoms with E-state index in [0.717, 1.165) is 15.4 Å². The highest BCUT2D eigenvalue weighted by Crippen LogP contribution is 2.27. The highest BCUT2D eigenvalue weighted by molar-refractivity contribution is 9.10. The molecule has 0 aliphatic heterocycles. The number of carbonyl (C=O) groups is 1. The van der Waals surface area contributed by atoms with Gasteiger partial charge in [0.1, 0.15) is 18.1 Å². The summed E-state index contributed by atoms with van der Waals surface area (Å²) >= 11 is 4.99. The van der Waals surface area contributed by atoms with Crippen LogP contribution in [0, 0.1) is 0 Å². The Morgan fingerprint density at radius 1 is 1.43 bits per heavy atom. The van der Waals surface area contributed by atoms with Crippen molar-refractivity contribution in [2.24, 2.45) is 0 Å². The van der Waals surface area contributed by atoms with Crippen LogP contribution in [0.2, 0.25) is 0 Å². The minimum atomic E-state index is -1.01. The van der Waals surface area contributed by atoms with E-state index in [9.17, 15) is 4.79 Å². The van der Waals surface area contributed by atoms with Gasteiger partial charge in [-0.25, -0.2) is 4.79 Å². The molecule has 0 radical (unpaired) electrons. The number of hydrogen-bond donors (Lipinski definition) is 1. The molecule has 1 aromatic heterocycles. The first-order valence-electron chi connectivity index (χ1n) is 6.03. The minimum absolute atomic E-state index is 0.427. The Kier molecular flexibility index (Phi) is 5.41. The summed E-state index contributed by atoms with van der Waals surface area (Å²) in [7, 11) is 1.56. The Hall–Kier alpha value is -1.79. The molecule has 0 aliphatic carbocycles. The van der Waals surface area contributed by atoms with E-state index in [1.165, 1.54) is 6.08 Å². The van der Waals surface area contributed by atoms with E-state index in [1.807, 2.05) is 11.4 Å². The molecule has 1 aromatic carbocycles. The van der Waals surface area contributed by atoms with Crippen molar-refractivity contribution in [1.29, 1.82) is 0 Å². The number of carboxylic acids is 1. The van der Waals surface area contributed by atoms with E-state index < -0.39 is 5.97 Å². The normalized spacial score (nSPS) is 10.8. The van der Waals surface area contributed by atoms with Crippen molar-refractivity contribution in [3.63, 3.8) is 0 Å². The summed E-state index contributed by atoms with van der Waals surface area (Å²) in [6.45, 7) is 0.427. The average Bonchev–Trinajstić information content (AvgIpc) is 2.88. The van der Waals surface area contributed by atoms with Gasteiger partial charge < -0.3 is 14.6 Å². The molecule has 6 heteroatoms. The van der Waals surface area contributed by atoms with Gasteiger partial charge in [-0.2, -0.15) is 0 Å². The molecule has 0 atom stereocenters. The van der Waals surface area contributed by atoms with E-state index >= 15 is 0 Å². The second kappa shape index (κ2) is 7.28. The number of thiophene rings is 1. The Morgan fingerprint density at radius 2 is 2.24 bits per heavy atom. The number of ether oxygens (including phenoxy) is 2. The summed E-state index contributed by atoms with van der Waals surface area (Å²) in [4.78, 5) is 11.7. The maximum absolute atomic E-state index is 10.7. The van der Waals surface area contributed by atoms with Gasteiger partial charge in [0.25, 0.3) is 0 Å². The SMILES string of the molecule is COc1ccc(OCc2cc(Br)cs2)c(C=CC(=O)O)c1. The van der Waals surface area contributed by atoms with Crippen molar-refractivity contribution in [3.05, 3.63) is 50.6 Å². The number of methoxy groups -OCH3 is 1. The summed E-state index contributed by atoms with van der Waals surface area (Å²) < 4.78 is 11.9. The van der Waals surface area contributed by atoms with Gasteiger partial charge in [0.2, 0.25) is 0 Å². The fraction of sp³-hybridized carbons (Fsp3) is 0.133. The first kappa shape index (κ1) is 15.6. The van der Waals surface area contributed by atoms with E-state index in [-0.39, 0.29) is 0 Å². The van der Waals surface area contributed by atoms with Gasteiger partial charge in [-0.3, -0.25) is 0 Å². The smallest absolute Gasteiger partial charge is 0.328 e. The Labute approximate surface area is 134 Å². The second-order valence-electron chi connectivity index (χ2n) is 4.10. The zero-order valence-corrected chi connectivity index (χ0v) is 13.6. The Morgan fingerprint density at radius 3 is 2.86 bits per heavy atom. The maximum Gasteiger partial charge on any atom is 0.328 e. The number of halogens is 1. The van der Waals surface area contributed by atoms with Crippen LogP contribution in [0.15, 0.2) is 40.2 Å². The maximum atomic E-state index is 10.7. The minimum Gasteiger partial charge on any atom is -0.497 e. The molecule has 1 heterocycles. The quantitative estimate of drug-likeness (QED) is 0.776. The largest absolute Gasteiger partial charge is 0.497 e. The first-order valence-corrected chi connectivity index (χ1v) is 7.70. The van der Waals surface area contributed by atoms with Crippen LogP contribution in [0.4, 0.5) is 0 Å². The number of aliphatic carboxylic acids is 1.